The van der Waals surface area contributed by atoms with Gasteiger partial charge in [0.05, 0.1) is 0 Å². The van der Waals surface area contributed by atoms with Crippen LogP contribution in [0.15, 0.2) is 0 Å². The molecule has 0 saturated heterocycles. The van der Waals surface area contributed by atoms with Crippen molar-refractivity contribution in [3.63, 3.8) is 0 Å². The number of hydrogen-bond acceptors (Lipinski definition) is 7. The van der Waals surface area contributed by atoms with Crippen LogP contribution in [0.4, 0.5) is 4.79 Å². The number of hydrogen-bond donors (Lipinski definition) is 8. The van der Waals surface area contributed by atoms with Gasteiger partial charge in [0.1, 0.15) is 0 Å². The smallest absolute Gasteiger partial charge is 1.00 e. The summed E-state index contributed by atoms with van der Waals surface area (Å²) in [5, 5.41) is 56.9. The van der Waals surface area contributed by atoms with E-state index in [4.69, 9.17) is 45.2 Å². The summed E-state index contributed by atoms with van der Waals surface area (Å²) < 4.78 is 0. The summed E-state index contributed by atoms with van der Waals surface area (Å²) >= 11 is 0. The molecule has 0 aliphatic rings. The summed E-state index contributed by atoms with van der Waals surface area (Å²) in [6, 6.07) is 0. The molecule has 9 nitrogen and oxygen atoms in total. The molecule has 12 heteroatoms. The largest absolute Gasteiger partial charge is 1.00 e. The molecule has 0 unspecified atom stereocenters. The molecule has 0 bridgehead atoms. The van der Waals surface area contributed by atoms with Crippen molar-refractivity contribution in [1.82, 2.24) is 0 Å². The molecular weight excluding hydrogens is 201 g/mol. The fourth-order valence-corrected chi connectivity index (χ4v) is 0. The third kappa shape index (κ3) is 49100. The van der Waals surface area contributed by atoms with E-state index in [0.717, 1.165) is 0 Å². The van der Waals surface area contributed by atoms with Crippen molar-refractivity contribution in [2.45, 2.75) is 0 Å². The minimum Gasteiger partial charge on any atom is -1.00 e. The molecular formula is CH9B2NaO9. The van der Waals surface area contributed by atoms with Crippen molar-refractivity contribution in [3.05, 3.63) is 0 Å². The SMILES string of the molecule is O=C(O)O.OB(O)O.OB(O)O.[H-].[Na+]. The topological polar surface area (TPSA) is 179 Å². The monoisotopic (exact) mass is 210 g/mol. The molecule has 0 aliphatic heterocycles. The molecule has 0 radical (unpaired) electrons. The molecule has 0 saturated carbocycles. The molecule has 0 aromatic carbocycles. The second-order valence-corrected chi connectivity index (χ2v) is 0.975. The van der Waals surface area contributed by atoms with Crippen LogP contribution in [0.5, 0.6) is 0 Å². The van der Waals surface area contributed by atoms with Crippen LogP contribution >= 0.6 is 0 Å². The van der Waals surface area contributed by atoms with E-state index in [9.17, 15) is 0 Å². The van der Waals surface area contributed by atoms with E-state index in [1.807, 2.05) is 0 Å². The molecule has 0 spiro atoms. The standard InChI is InChI=1S/CH2O3.2BH3O3.Na.H/c3*2-1(3)4;;/h(H2,2,3,4);2*2-4H;;/q;;;+1;-1. The zero-order valence-corrected chi connectivity index (χ0v) is 8.64. The van der Waals surface area contributed by atoms with Gasteiger partial charge in [-0.05, 0) is 0 Å². The molecule has 8 N–H and O–H groups in total. The number of carbonyl (C=O) groups is 1. The molecule has 74 valence electrons. The first-order valence-electron chi connectivity index (χ1n) is 2.20. The van der Waals surface area contributed by atoms with Gasteiger partial charge in [0.2, 0.25) is 0 Å². The van der Waals surface area contributed by atoms with Gasteiger partial charge in [0.25, 0.3) is 0 Å². The number of rotatable bonds is 0. The Kier molecular flexibility index (Phi) is 32.2. The normalized spacial score (nSPS) is 6.00. The first kappa shape index (κ1) is 23.2. The Balaban J connectivity index is -0.0000000270. The van der Waals surface area contributed by atoms with E-state index >= 15 is 0 Å². The third-order valence-corrected chi connectivity index (χ3v) is 0. The van der Waals surface area contributed by atoms with Gasteiger partial charge < -0.3 is 41.8 Å². The minimum absolute atomic E-state index is 0. The number of carboxylic acid groups (broad SMARTS) is 2. The van der Waals surface area contributed by atoms with Gasteiger partial charge in [-0.3, -0.25) is 0 Å². The van der Waals surface area contributed by atoms with E-state index in [1.165, 1.54) is 0 Å². The van der Waals surface area contributed by atoms with Crippen LogP contribution in [0, 0.1) is 0 Å². The maximum atomic E-state index is 8.56. The molecule has 0 amide bonds. The summed E-state index contributed by atoms with van der Waals surface area (Å²) in [4.78, 5) is 8.56. The minimum atomic E-state index is -2.17. The second-order valence-electron chi connectivity index (χ2n) is 0.975. The molecule has 0 aromatic heterocycles. The molecule has 0 aliphatic carbocycles. The summed E-state index contributed by atoms with van der Waals surface area (Å²) in [5.74, 6) is 0. The van der Waals surface area contributed by atoms with Gasteiger partial charge in [-0.1, -0.05) is 0 Å². The van der Waals surface area contributed by atoms with Crippen molar-refractivity contribution < 1.29 is 76.1 Å². The fourth-order valence-electron chi connectivity index (χ4n) is 0. The van der Waals surface area contributed by atoms with E-state index in [0.29, 0.717) is 0 Å². The maximum absolute atomic E-state index is 8.56. The average Bonchev–Trinajstić information content (AvgIpc) is 1.54. The summed E-state index contributed by atoms with van der Waals surface area (Å²) in [5.41, 5.74) is 0. The Hall–Kier alpha value is 0.160. The maximum Gasteiger partial charge on any atom is 1.00 e. The Morgan fingerprint density at radius 3 is 0.846 bits per heavy atom. The van der Waals surface area contributed by atoms with Gasteiger partial charge in [-0.25, -0.2) is 4.79 Å². The van der Waals surface area contributed by atoms with Gasteiger partial charge in [-0.2, -0.15) is 0 Å². The third-order valence-electron chi connectivity index (χ3n) is 0. The molecule has 0 fully saturated rings. The van der Waals surface area contributed by atoms with Crippen LogP contribution in [-0.2, 0) is 0 Å². The van der Waals surface area contributed by atoms with E-state index < -0.39 is 20.8 Å². The van der Waals surface area contributed by atoms with Crippen LogP contribution in [0.25, 0.3) is 0 Å². The summed E-state index contributed by atoms with van der Waals surface area (Å²) in [7, 11) is -4.33. The predicted molar refractivity (Wildman–Crippen MR) is 36.6 cm³/mol. The van der Waals surface area contributed by atoms with Crippen LogP contribution < -0.4 is 29.6 Å². The zero-order chi connectivity index (χ0) is 10.7. The molecule has 0 aromatic rings. The average molecular weight is 210 g/mol. The van der Waals surface area contributed by atoms with Crippen molar-refractivity contribution in [3.8, 4) is 0 Å². The van der Waals surface area contributed by atoms with E-state index in [-0.39, 0.29) is 31.0 Å². The van der Waals surface area contributed by atoms with Crippen LogP contribution in [-0.4, -0.2) is 61.2 Å². The van der Waals surface area contributed by atoms with Gasteiger partial charge >= 0.3 is 50.4 Å². The first-order valence-corrected chi connectivity index (χ1v) is 2.20. The quantitative estimate of drug-likeness (QED) is 0.180. The van der Waals surface area contributed by atoms with Gasteiger partial charge in [-0.15, -0.1) is 0 Å². The second kappa shape index (κ2) is 18.0. The Labute approximate surface area is 97.0 Å². The van der Waals surface area contributed by atoms with Crippen LogP contribution in [0.2, 0.25) is 0 Å². The Morgan fingerprint density at radius 2 is 0.846 bits per heavy atom. The van der Waals surface area contributed by atoms with Gasteiger partial charge in [0, 0.05) is 0 Å². The molecule has 0 rings (SSSR count). The predicted octanol–water partition coefficient (Wildman–Crippen LogP) is -6.76. The van der Waals surface area contributed by atoms with Gasteiger partial charge in [0.15, 0.2) is 0 Å². The van der Waals surface area contributed by atoms with Crippen molar-refractivity contribution in [2.24, 2.45) is 0 Å². The Morgan fingerprint density at radius 1 is 0.846 bits per heavy atom. The van der Waals surface area contributed by atoms with E-state index in [2.05, 4.69) is 0 Å². The van der Waals surface area contributed by atoms with Crippen molar-refractivity contribution in [1.29, 1.82) is 0 Å². The molecule has 13 heavy (non-hydrogen) atoms. The zero-order valence-electron chi connectivity index (χ0n) is 7.64. The van der Waals surface area contributed by atoms with Crippen LogP contribution in [0.1, 0.15) is 1.43 Å². The Bertz CT molecular complexity index is 85.3. The summed E-state index contributed by atoms with van der Waals surface area (Å²) in [6.45, 7) is 0. The van der Waals surface area contributed by atoms with Crippen molar-refractivity contribution in [2.75, 3.05) is 0 Å². The van der Waals surface area contributed by atoms with E-state index in [1.54, 1.807) is 0 Å². The first-order chi connectivity index (χ1) is 5.20. The molecule has 0 atom stereocenters. The van der Waals surface area contributed by atoms with Crippen molar-refractivity contribution >= 4 is 20.8 Å². The summed E-state index contributed by atoms with van der Waals surface area (Å²) in [6.07, 6.45) is -1.83. The fraction of sp³-hybridized carbons (Fsp3) is 0. The molecule has 0 heterocycles. The van der Waals surface area contributed by atoms with Crippen LogP contribution in [0.3, 0.4) is 0 Å².